The van der Waals surface area contributed by atoms with Crippen LogP contribution < -0.4 is 10.6 Å². The van der Waals surface area contributed by atoms with E-state index in [0.717, 1.165) is 57.7 Å². The minimum atomic E-state index is 0.129. The third kappa shape index (κ3) is 3.65. The molecule has 0 unspecified atom stereocenters. The summed E-state index contributed by atoms with van der Waals surface area (Å²) in [7, 11) is 1.77. The van der Waals surface area contributed by atoms with Gasteiger partial charge in [-0.2, -0.15) is 5.26 Å². The van der Waals surface area contributed by atoms with Crippen molar-refractivity contribution in [1.29, 1.82) is 5.26 Å². The molecule has 5 heteroatoms. The Morgan fingerprint density at radius 1 is 1.35 bits per heavy atom. The summed E-state index contributed by atoms with van der Waals surface area (Å²) < 4.78 is 5.47. The molecule has 2 aliphatic rings. The lowest BCUT2D eigenvalue weighted by molar-refractivity contribution is 0.0635. The summed E-state index contributed by atoms with van der Waals surface area (Å²) in [4.78, 5) is 4.77. The standard InChI is InChI=1S/C18H26N4O/c1-23-13-18(6-8-20-9-7-18)12-21-17-15(11-19)10-14-4-2-3-5-16(14)22-17/h10,20H,2-9,12-13H2,1H3,(H,21,22). The highest BCUT2D eigenvalue weighted by atomic mass is 16.5. The first-order valence-electron chi connectivity index (χ1n) is 8.63. The van der Waals surface area contributed by atoms with Crippen LogP contribution in [0.2, 0.25) is 0 Å². The molecular weight excluding hydrogens is 288 g/mol. The maximum Gasteiger partial charge on any atom is 0.144 e. The van der Waals surface area contributed by atoms with Gasteiger partial charge >= 0.3 is 0 Å². The zero-order valence-electron chi connectivity index (χ0n) is 14.0. The lowest BCUT2D eigenvalue weighted by Crippen LogP contribution is -2.44. The van der Waals surface area contributed by atoms with Gasteiger partial charge in [0.05, 0.1) is 12.2 Å². The number of nitriles is 1. The van der Waals surface area contributed by atoms with Gasteiger partial charge in [0.25, 0.3) is 0 Å². The first kappa shape index (κ1) is 16.2. The molecule has 1 aliphatic carbocycles. The third-order valence-electron chi connectivity index (χ3n) is 5.17. The largest absolute Gasteiger partial charge is 0.384 e. The normalized spacial score (nSPS) is 19.7. The van der Waals surface area contributed by atoms with E-state index in [-0.39, 0.29) is 5.41 Å². The third-order valence-corrected chi connectivity index (χ3v) is 5.17. The first-order valence-corrected chi connectivity index (χ1v) is 8.63. The van der Waals surface area contributed by atoms with Crippen LogP contribution >= 0.6 is 0 Å². The maximum absolute atomic E-state index is 9.46. The first-order chi connectivity index (χ1) is 11.3. The van der Waals surface area contributed by atoms with Crippen molar-refractivity contribution < 1.29 is 4.74 Å². The molecule has 1 saturated heterocycles. The minimum absolute atomic E-state index is 0.129. The van der Waals surface area contributed by atoms with Crippen molar-refractivity contribution in [2.24, 2.45) is 5.41 Å². The molecule has 1 aliphatic heterocycles. The zero-order valence-corrected chi connectivity index (χ0v) is 14.0. The molecule has 2 heterocycles. The van der Waals surface area contributed by atoms with Crippen molar-refractivity contribution in [3.63, 3.8) is 0 Å². The molecule has 1 fully saturated rings. The van der Waals surface area contributed by atoms with E-state index < -0.39 is 0 Å². The molecule has 5 nitrogen and oxygen atoms in total. The zero-order chi connectivity index (χ0) is 16.1. The van der Waals surface area contributed by atoms with Gasteiger partial charge in [0.15, 0.2) is 0 Å². The number of aryl methyl sites for hydroxylation is 2. The quantitative estimate of drug-likeness (QED) is 0.872. The second-order valence-corrected chi connectivity index (χ2v) is 6.85. The van der Waals surface area contributed by atoms with Gasteiger partial charge in [-0.25, -0.2) is 4.98 Å². The Bertz CT molecular complexity index is 582. The lowest BCUT2D eigenvalue weighted by atomic mass is 9.79. The van der Waals surface area contributed by atoms with E-state index in [0.29, 0.717) is 5.56 Å². The number of ether oxygens (including phenoxy) is 1. The number of pyridine rings is 1. The van der Waals surface area contributed by atoms with Crippen LogP contribution in [-0.2, 0) is 17.6 Å². The molecule has 1 aromatic heterocycles. The monoisotopic (exact) mass is 314 g/mol. The molecule has 3 rings (SSSR count). The van der Waals surface area contributed by atoms with E-state index in [1.807, 2.05) is 6.07 Å². The molecule has 0 saturated carbocycles. The van der Waals surface area contributed by atoms with Gasteiger partial charge in [0.1, 0.15) is 11.9 Å². The van der Waals surface area contributed by atoms with Crippen molar-refractivity contribution in [3.8, 4) is 6.07 Å². The number of rotatable bonds is 5. The van der Waals surface area contributed by atoms with Gasteiger partial charge in [-0.05, 0) is 63.2 Å². The fraction of sp³-hybridized carbons (Fsp3) is 0.667. The summed E-state index contributed by atoms with van der Waals surface area (Å²) in [6.07, 6.45) is 6.65. The Balaban J connectivity index is 1.77. The molecule has 0 spiro atoms. The Labute approximate surface area is 138 Å². The van der Waals surface area contributed by atoms with Crippen LogP contribution in [-0.4, -0.2) is 38.3 Å². The highest BCUT2D eigenvalue weighted by molar-refractivity contribution is 5.54. The van der Waals surface area contributed by atoms with Gasteiger partial charge in [0.2, 0.25) is 0 Å². The van der Waals surface area contributed by atoms with Gasteiger partial charge in [-0.15, -0.1) is 0 Å². The summed E-state index contributed by atoms with van der Waals surface area (Å²) in [5, 5.41) is 16.3. The van der Waals surface area contributed by atoms with E-state index >= 15 is 0 Å². The number of hydrogen-bond acceptors (Lipinski definition) is 5. The van der Waals surface area contributed by atoms with Crippen LogP contribution in [0.15, 0.2) is 6.07 Å². The number of methoxy groups -OCH3 is 1. The highest BCUT2D eigenvalue weighted by Crippen LogP contribution is 2.31. The van der Waals surface area contributed by atoms with Crippen molar-refractivity contribution >= 4 is 5.82 Å². The van der Waals surface area contributed by atoms with Crippen LogP contribution in [0.1, 0.15) is 42.5 Å². The predicted molar refractivity (Wildman–Crippen MR) is 90.5 cm³/mol. The summed E-state index contributed by atoms with van der Waals surface area (Å²) >= 11 is 0. The maximum atomic E-state index is 9.46. The van der Waals surface area contributed by atoms with Crippen molar-refractivity contribution in [1.82, 2.24) is 10.3 Å². The second kappa shape index (κ2) is 7.29. The van der Waals surface area contributed by atoms with Crippen LogP contribution in [0, 0.1) is 16.7 Å². The average Bonchev–Trinajstić information content (AvgIpc) is 2.60. The number of piperidine rings is 1. The van der Waals surface area contributed by atoms with Crippen molar-refractivity contribution in [2.45, 2.75) is 38.5 Å². The molecule has 0 amide bonds. The topological polar surface area (TPSA) is 70.0 Å². The highest BCUT2D eigenvalue weighted by Gasteiger charge is 2.32. The fourth-order valence-corrected chi connectivity index (χ4v) is 3.76. The molecule has 124 valence electrons. The summed E-state index contributed by atoms with van der Waals surface area (Å²) in [6.45, 7) is 3.60. The number of aromatic nitrogens is 1. The summed E-state index contributed by atoms with van der Waals surface area (Å²) in [5.74, 6) is 0.752. The van der Waals surface area contributed by atoms with Gasteiger partial charge in [-0.1, -0.05) is 0 Å². The van der Waals surface area contributed by atoms with E-state index in [2.05, 4.69) is 16.7 Å². The Morgan fingerprint density at radius 2 is 2.13 bits per heavy atom. The molecule has 0 bridgehead atoms. The van der Waals surface area contributed by atoms with Gasteiger partial charge in [0, 0.05) is 24.8 Å². The molecule has 1 aromatic rings. The molecule has 0 radical (unpaired) electrons. The molecule has 23 heavy (non-hydrogen) atoms. The lowest BCUT2D eigenvalue weighted by Gasteiger charge is -2.37. The van der Waals surface area contributed by atoms with Crippen LogP contribution in [0.4, 0.5) is 5.82 Å². The fourth-order valence-electron chi connectivity index (χ4n) is 3.76. The Kier molecular flexibility index (Phi) is 5.14. The smallest absolute Gasteiger partial charge is 0.144 e. The summed E-state index contributed by atoms with van der Waals surface area (Å²) in [6, 6.07) is 4.35. The predicted octanol–water partition coefficient (Wildman–Crippen LogP) is 2.26. The van der Waals surface area contributed by atoms with Crippen molar-refractivity contribution in [2.75, 3.05) is 38.7 Å². The molecule has 0 aromatic carbocycles. The van der Waals surface area contributed by atoms with Crippen LogP contribution in [0.3, 0.4) is 0 Å². The SMILES string of the molecule is COCC1(CNc2nc3c(cc2C#N)CCCC3)CCNCC1. The molecular formula is C18H26N4O. The Morgan fingerprint density at radius 3 is 2.87 bits per heavy atom. The molecule has 2 N–H and O–H groups in total. The number of anilines is 1. The average molecular weight is 314 g/mol. The van der Waals surface area contributed by atoms with Crippen molar-refractivity contribution in [3.05, 3.63) is 22.9 Å². The van der Waals surface area contributed by atoms with Crippen LogP contribution in [0.5, 0.6) is 0 Å². The van der Waals surface area contributed by atoms with Gasteiger partial charge in [-0.3, -0.25) is 0 Å². The number of hydrogen-bond donors (Lipinski definition) is 2. The number of nitrogens with zero attached hydrogens (tertiary/aromatic N) is 2. The van der Waals surface area contributed by atoms with Crippen LogP contribution in [0.25, 0.3) is 0 Å². The molecule has 0 atom stereocenters. The number of nitrogens with one attached hydrogen (secondary N) is 2. The number of fused-ring (bicyclic) bond motifs is 1. The van der Waals surface area contributed by atoms with E-state index in [4.69, 9.17) is 9.72 Å². The van der Waals surface area contributed by atoms with E-state index in [1.165, 1.54) is 24.1 Å². The Hall–Kier alpha value is -1.64. The van der Waals surface area contributed by atoms with Gasteiger partial charge < -0.3 is 15.4 Å². The van der Waals surface area contributed by atoms with E-state index in [9.17, 15) is 5.26 Å². The minimum Gasteiger partial charge on any atom is -0.384 e. The second-order valence-electron chi connectivity index (χ2n) is 6.85. The van der Waals surface area contributed by atoms with E-state index in [1.54, 1.807) is 7.11 Å². The summed E-state index contributed by atoms with van der Waals surface area (Å²) in [5.41, 5.74) is 3.23.